The molecule has 0 N–H and O–H groups in total. The van der Waals surface area contributed by atoms with E-state index < -0.39 is 0 Å². The first kappa shape index (κ1) is 12.7. The van der Waals surface area contributed by atoms with E-state index in [9.17, 15) is 5.26 Å². The van der Waals surface area contributed by atoms with Crippen molar-refractivity contribution >= 4 is 21.4 Å². The van der Waals surface area contributed by atoms with Crippen LogP contribution in [-0.4, -0.2) is 0 Å². The topological polar surface area (TPSA) is 23.8 Å². The van der Waals surface area contributed by atoms with Crippen molar-refractivity contribution in [1.29, 1.82) is 5.26 Å². The van der Waals surface area contributed by atoms with Gasteiger partial charge in [-0.25, -0.2) is 0 Å². The molecule has 1 aromatic carbocycles. The molecule has 3 rings (SSSR count). The van der Waals surface area contributed by atoms with Crippen molar-refractivity contribution in [2.75, 3.05) is 0 Å². The van der Waals surface area contributed by atoms with Gasteiger partial charge in [-0.3, -0.25) is 0 Å². The van der Waals surface area contributed by atoms with Crippen molar-refractivity contribution in [2.45, 2.75) is 39.0 Å². The summed E-state index contributed by atoms with van der Waals surface area (Å²) in [7, 11) is 0. The van der Waals surface area contributed by atoms with Crippen LogP contribution in [0.15, 0.2) is 29.6 Å². The quantitative estimate of drug-likeness (QED) is 0.738. The molecule has 0 saturated heterocycles. The monoisotopic (exact) mass is 269 g/mol. The van der Waals surface area contributed by atoms with Gasteiger partial charge in [0.1, 0.15) is 0 Å². The zero-order chi connectivity index (χ0) is 13.3. The van der Waals surface area contributed by atoms with Crippen LogP contribution >= 0.6 is 11.3 Å². The third kappa shape index (κ3) is 2.40. The van der Waals surface area contributed by atoms with Gasteiger partial charge in [-0.05, 0) is 60.4 Å². The predicted molar refractivity (Wildman–Crippen MR) is 81.2 cm³/mol. The van der Waals surface area contributed by atoms with Crippen molar-refractivity contribution in [3.63, 3.8) is 0 Å². The van der Waals surface area contributed by atoms with Crippen molar-refractivity contribution in [1.82, 2.24) is 0 Å². The summed E-state index contributed by atoms with van der Waals surface area (Å²) in [6.45, 7) is 2.31. The Morgan fingerprint density at radius 1 is 1.32 bits per heavy atom. The number of hydrogen-bond donors (Lipinski definition) is 0. The standard InChI is InChI=1S/C17H19NS/c1-13-6-8-17(12-18,9-7-13)10-14-11-19-16-5-3-2-4-15(14)16/h2-5,11,13H,6-10H2,1H3. The molecule has 0 spiro atoms. The highest BCUT2D eigenvalue weighted by molar-refractivity contribution is 7.17. The molecule has 1 saturated carbocycles. The Balaban J connectivity index is 1.89. The lowest BCUT2D eigenvalue weighted by Gasteiger charge is -2.33. The largest absolute Gasteiger partial charge is 0.198 e. The first-order valence-electron chi connectivity index (χ1n) is 7.09. The van der Waals surface area contributed by atoms with Crippen molar-refractivity contribution in [2.24, 2.45) is 11.3 Å². The van der Waals surface area contributed by atoms with E-state index in [4.69, 9.17) is 0 Å². The number of nitrogens with zero attached hydrogens (tertiary/aromatic N) is 1. The summed E-state index contributed by atoms with van der Waals surface area (Å²) >= 11 is 1.80. The van der Waals surface area contributed by atoms with E-state index in [1.54, 1.807) is 11.3 Å². The smallest absolute Gasteiger partial charge is 0.0693 e. The highest BCUT2D eigenvalue weighted by Gasteiger charge is 2.34. The number of thiophene rings is 1. The SMILES string of the molecule is CC1CCC(C#N)(Cc2csc3ccccc23)CC1. The predicted octanol–water partition coefficient (Wildman–Crippen LogP) is 5.16. The van der Waals surface area contributed by atoms with Gasteiger partial charge in [0.25, 0.3) is 0 Å². The van der Waals surface area contributed by atoms with E-state index in [-0.39, 0.29) is 5.41 Å². The highest BCUT2D eigenvalue weighted by Crippen LogP contribution is 2.42. The van der Waals surface area contributed by atoms with E-state index in [2.05, 4.69) is 42.6 Å². The van der Waals surface area contributed by atoms with Gasteiger partial charge in [-0.1, -0.05) is 25.1 Å². The Morgan fingerprint density at radius 2 is 2.05 bits per heavy atom. The second-order valence-electron chi connectivity index (χ2n) is 6.01. The second-order valence-corrected chi connectivity index (χ2v) is 6.92. The first-order chi connectivity index (χ1) is 9.22. The van der Waals surface area contributed by atoms with Crippen LogP contribution in [0.5, 0.6) is 0 Å². The summed E-state index contributed by atoms with van der Waals surface area (Å²) in [5, 5.41) is 13.3. The molecule has 98 valence electrons. The summed E-state index contributed by atoms with van der Waals surface area (Å²) in [5.74, 6) is 0.792. The normalized spacial score (nSPS) is 27.3. The second kappa shape index (κ2) is 4.98. The van der Waals surface area contributed by atoms with Crippen LogP contribution in [0.1, 0.15) is 38.2 Å². The van der Waals surface area contributed by atoms with Crippen LogP contribution < -0.4 is 0 Å². The average Bonchev–Trinajstić information content (AvgIpc) is 2.85. The van der Waals surface area contributed by atoms with Crippen LogP contribution in [-0.2, 0) is 6.42 Å². The summed E-state index contributed by atoms with van der Waals surface area (Å²) < 4.78 is 1.34. The molecule has 0 bridgehead atoms. The lowest BCUT2D eigenvalue weighted by atomic mass is 9.69. The summed E-state index contributed by atoms with van der Waals surface area (Å²) in [5.41, 5.74) is 1.26. The molecule has 0 amide bonds. The molecule has 2 heteroatoms. The minimum atomic E-state index is -0.115. The molecule has 19 heavy (non-hydrogen) atoms. The molecule has 1 heterocycles. The number of fused-ring (bicyclic) bond motifs is 1. The molecule has 1 aliphatic rings. The fourth-order valence-electron chi connectivity index (χ4n) is 3.18. The van der Waals surface area contributed by atoms with Crippen LogP contribution in [0.3, 0.4) is 0 Å². The molecule has 2 aromatic rings. The van der Waals surface area contributed by atoms with Crippen molar-refractivity contribution in [3.05, 3.63) is 35.2 Å². The van der Waals surface area contributed by atoms with Gasteiger partial charge < -0.3 is 0 Å². The number of hydrogen-bond acceptors (Lipinski definition) is 2. The molecule has 1 fully saturated rings. The Morgan fingerprint density at radius 3 is 2.79 bits per heavy atom. The fourth-order valence-corrected chi connectivity index (χ4v) is 4.14. The van der Waals surface area contributed by atoms with Gasteiger partial charge in [0.2, 0.25) is 0 Å². The molecule has 1 aliphatic carbocycles. The lowest BCUT2D eigenvalue weighted by molar-refractivity contribution is 0.219. The molecule has 0 unspecified atom stereocenters. The van der Waals surface area contributed by atoms with E-state index in [0.717, 1.165) is 25.2 Å². The van der Waals surface area contributed by atoms with Crippen LogP contribution in [0.2, 0.25) is 0 Å². The maximum absolute atomic E-state index is 9.65. The summed E-state index contributed by atoms with van der Waals surface area (Å²) in [6.07, 6.45) is 5.47. The number of nitriles is 1. The first-order valence-corrected chi connectivity index (χ1v) is 7.97. The Hall–Kier alpha value is -1.33. The van der Waals surface area contributed by atoms with Crippen molar-refractivity contribution < 1.29 is 0 Å². The molecule has 0 atom stereocenters. The zero-order valence-corrected chi connectivity index (χ0v) is 12.2. The Bertz CT molecular complexity index is 611. The molecular formula is C17H19NS. The maximum Gasteiger partial charge on any atom is 0.0693 e. The van der Waals surface area contributed by atoms with Gasteiger partial charge in [0, 0.05) is 4.70 Å². The Kier molecular flexibility index (Phi) is 3.33. The maximum atomic E-state index is 9.65. The van der Waals surface area contributed by atoms with Crippen LogP contribution in [0.25, 0.3) is 10.1 Å². The molecular weight excluding hydrogens is 250 g/mol. The lowest BCUT2D eigenvalue weighted by Crippen LogP contribution is -2.27. The van der Waals surface area contributed by atoms with E-state index in [1.165, 1.54) is 28.5 Å². The summed E-state index contributed by atoms with van der Waals surface area (Å²) in [4.78, 5) is 0. The Labute approximate surface area is 118 Å². The van der Waals surface area contributed by atoms with E-state index >= 15 is 0 Å². The van der Waals surface area contributed by atoms with Crippen molar-refractivity contribution in [3.8, 4) is 6.07 Å². The van der Waals surface area contributed by atoms with Gasteiger partial charge in [0.05, 0.1) is 11.5 Å². The van der Waals surface area contributed by atoms with Gasteiger partial charge in [-0.15, -0.1) is 11.3 Å². The number of benzene rings is 1. The van der Waals surface area contributed by atoms with Gasteiger partial charge >= 0.3 is 0 Å². The van der Waals surface area contributed by atoms with Crippen LogP contribution in [0.4, 0.5) is 0 Å². The molecule has 0 radical (unpaired) electrons. The summed E-state index contributed by atoms with van der Waals surface area (Å²) in [6, 6.07) is 11.2. The number of rotatable bonds is 2. The zero-order valence-electron chi connectivity index (χ0n) is 11.4. The molecule has 1 nitrogen and oxygen atoms in total. The highest BCUT2D eigenvalue weighted by atomic mass is 32.1. The average molecular weight is 269 g/mol. The molecule has 1 aromatic heterocycles. The molecule has 0 aliphatic heterocycles. The minimum Gasteiger partial charge on any atom is -0.198 e. The third-order valence-electron chi connectivity index (χ3n) is 4.56. The van der Waals surface area contributed by atoms with Crippen LogP contribution in [0, 0.1) is 22.7 Å². The third-order valence-corrected chi connectivity index (χ3v) is 5.57. The van der Waals surface area contributed by atoms with E-state index in [1.807, 2.05) is 0 Å². The van der Waals surface area contributed by atoms with E-state index in [0.29, 0.717) is 0 Å². The minimum absolute atomic E-state index is 0.115. The fraction of sp³-hybridized carbons (Fsp3) is 0.471. The van der Waals surface area contributed by atoms with Gasteiger partial charge in [0.15, 0.2) is 0 Å². The van der Waals surface area contributed by atoms with Gasteiger partial charge in [-0.2, -0.15) is 5.26 Å².